The van der Waals surface area contributed by atoms with E-state index >= 15 is 0 Å². The van der Waals surface area contributed by atoms with Gasteiger partial charge in [0.2, 0.25) is 0 Å². The van der Waals surface area contributed by atoms with E-state index in [0.29, 0.717) is 30.0 Å². The van der Waals surface area contributed by atoms with E-state index < -0.39 is 30.1 Å². The average Bonchev–Trinajstić information content (AvgIpc) is 3.30. The fraction of sp³-hybridized carbons (Fsp3) is 0.219. The van der Waals surface area contributed by atoms with Gasteiger partial charge in [0.15, 0.2) is 5.78 Å². The van der Waals surface area contributed by atoms with E-state index in [1.54, 1.807) is 12.2 Å². The Hall–Kier alpha value is -4.92. The quantitative estimate of drug-likeness (QED) is 0.0995. The Morgan fingerprint density at radius 3 is 2.10 bits per heavy atom. The van der Waals surface area contributed by atoms with Gasteiger partial charge in [0, 0.05) is 29.1 Å². The van der Waals surface area contributed by atoms with E-state index in [1.807, 2.05) is 54.6 Å². The highest BCUT2D eigenvalue weighted by molar-refractivity contribution is 6.10. The first kappa shape index (κ1) is 29.1. The highest BCUT2D eigenvalue weighted by atomic mass is 19.1. The molecule has 0 amide bonds. The number of ether oxygens (including phenoxy) is 2. The Kier molecular flexibility index (Phi) is 9.88. The molecule has 0 aliphatic heterocycles. The molecule has 0 spiro atoms. The molecule has 0 saturated heterocycles. The van der Waals surface area contributed by atoms with Gasteiger partial charge in [-0.25, -0.2) is 4.39 Å². The number of hydrogen-bond acceptors (Lipinski definition) is 5. The van der Waals surface area contributed by atoms with Crippen molar-refractivity contribution in [1.29, 1.82) is 0 Å². The number of Topliss-reactive ketones (excluding diaryl/α,β-unsaturated/α-hetero) is 1. The van der Waals surface area contributed by atoms with E-state index in [0.717, 1.165) is 24.2 Å². The molecule has 4 rings (SSSR count). The standard InChI is InChI=1S/C32H30FNO7/c33-24-18-23(32-27(19-24)28(20-34(32)21-31(38)39)29(35)14-15-30(36)37)11-8-22-9-12-26(13-10-22)41-17-5-4-16-40-25-6-2-1-3-7-25/h1-3,6-13,18-20H,4-5,14-17,21H2,(H,36,37)(H,38,39). The van der Waals surface area contributed by atoms with E-state index in [-0.39, 0.29) is 23.8 Å². The summed E-state index contributed by atoms with van der Waals surface area (Å²) in [6.45, 7) is 0.709. The van der Waals surface area contributed by atoms with Gasteiger partial charge in [-0.15, -0.1) is 0 Å². The zero-order chi connectivity index (χ0) is 29.2. The minimum Gasteiger partial charge on any atom is -0.494 e. The third kappa shape index (κ3) is 8.28. The van der Waals surface area contributed by atoms with Crippen LogP contribution in [0.1, 0.15) is 47.2 Å². The van der Waals surface area contributed by atoms with E-state index in [2.05, 4.69) is 0 Å². The smallest absolute Gasteiger partial charge is 0.323 e. The van der Waals surface area contributed by atoms with E-state index in [9.17, 15) is 23.9 Å². The van der Waals surface area contributed by atoms with Crippen LogP contribution in [-0.2, 0) is 16.1 Å². The van der Waals surface area contributed by atoms with Crippen LogP contribution in [0.4, 0.5) is 4.39 Å². The summed E-state index contributed by atoms with van der Waals surface area (Å²) in [4.78, 5) is 35.1. The first-order valence-electron chi connectivity index (χ1n) is 13.2. The van der Waals surface area contributed by atoms with Crippen LogP contribution < -0.4 is 9.47 Å². The molecule has 0 fully saturated rings. The van der Waals surface area contributed by atoms with Crippen LogP contribution in [-0.4, -0.2) is 45.7 Å². The molecule has 0 unspecified atom stereocenters. The Bertz CT molecular complexity index is 1540. The molecule has 41 heavy (non-hydrogen) atoms. The summed E-state index contributed by atoms with van der Waals surface area (Å²) < 4.78 is 27.4. The number of rotatable bonds is 15. The summed E-state index contributed by atoms with van der Waals surface area (Å²) in [7, 11) is 0. The second-order valence-corrected chi connectivity index (χ2v) is 9.39. The van der Waals surface area contributed by atoms with Crippen molar-refractivity contribution in [2.45, 2.75) is 32.2 Å². The number of carboxylic acid groups (broad SMARTS) is 2. The normalized spacial score (nSPS) is 11.1. The summed E-state index contributed by atoms with van der Waals surface area (Å²) in [6, 6.07) is 19.4. The molecule has 4 aromatic rings. The van der Waals surface area contributed by atoms with Crippen molar-refractivity contribution in [2.24, 2.45) is 0 Å². The summed E-state index contributed by atoms with van der Waals surface area (Å²) in [6.07, 6.45) is 5.78. The molecule has 0 atom stereocenters. The SMILES string of the molecule is O=C(O)CCC(=O)c1cn(CC(=O)O)c2c(C=Cc3ccc(OCCCCOc4ccccc4)cc3)cc(F)cc12. The van der Waals surface area contributed by atoms with Crippen molar-refractivity contribution >= 4 is 40.8 Å². The van der Waals surface area contributed by atoms with Gasteiger partial charge in [-0.2, -0.15) is 0 Å². The maximum Gasteiger partial charge on any atom is 0.323 e. The molecule has 2 N–H and O–H groups in total. The van der Waals surface area contributed by atoms with Crippen molar-refractivity contribution in [3.8, 4) is 11.5 Å². The number of aromatic nitrogens is 1. The first-order chi connectivity index (χ1) is 19.8. The number of fused-ring (bicyclic) bond motifs is 1. The van der Waals surface area contributed by atoms with Crippen LogP contribution in [0.3, 0.4) is 0 Å². The second kappa shape index (κ2) is 13.9. The van der Waals surface area contributed by atoms with Gasteiger partial charge >= 0.3 is 11.9 Å². The number of hydrogen-bond donors (Lipinski definition) is 2. The monoisotopic (exact) mass is 559 g/mol. The lowest BCUT2D eigenvalue weighted by Crippen LogP contribution is -2.08. The van der Waals surface area contributed by atoms with Crippen LogP contribution in [0, 0.1) is 5.82 Å². The number of unbranched alkanes of at least 4 members (excludes halogenated alkanes) is 1. The van der Waals surface area contributed by atoms with Crippen molar-refractivity contribution in [3.05, 3.63) is 95.4 Å². The summed E-state index contributed by atoms with van der Waals surface area (Å²) in [5.74, 6) is -1.82. The molecule has 3 aromatic carbocycles. The Labute approximate surface area is 236 Å². The van der Waals surface area contributed by atoms with Crippen LogP contribution in [0.25, 0.3) is 23.1 Å². The number of benzene rings is 3. The number of ketones is 1. The van der Waals surface area contributed by atoms with Gasteiger partial charge in [0.1, 0.15) is 23.9 Å². The summed E-state index contributed by atoms with van der Waals surface area (Å²) >= 11 is 0. The largest absolute Gasteiger partial charge is 0.494 e. The topological polar surface area (TPSA) is 115 Å². The maximum atomic E-state index is 14.6. The van der Waals surface area contributed by atoms with Gasteiger partial charge in [-0.05, 0) is 54.8 Å². The number of aliphatic carboxylic acids is 2. The molecular weight excluding hydrogens is 529 g/mol. The van der Waals surface area contributed by atoms with Crippen LogP contribution in [0.15, 0.2) is 72.9 Å². The number of para-hydroxylation sites is 1. The lowest BCUT2D eigenvalue weighted by molar-refractivity contribution is -0.138. The number of halogens is 1. The molecule has 8 nitrogen and oxygen atoms in total. The van der Waals surface area contributed by atoms with Gasteiger partial charge in [0.25, 0.3) is 0 Å². The highest BCUT2D eigenvalue weighted by Gasteiger charge is 2.20. The molecule has 0 saturated carbocycles. The zero-order valence-electron chi connectivity index (χ0n) is 22.3. The van der Waals surface area contributed by atoms with Crippen molar-refractivity contribution in [3.63, 3.8) is 0 Å². The molecule has 1 aromatic heterocycles. The van der Waals surface area contributed by atoms with Gasteiger partial charge in [0.05, 0.1) is 25.2 Å². The van der Waals surface area contributed by atoms with Crippen molar-refractivity contribution in [2.75, 3.05) is 13.2 Å². The predicted octanol–water partition coefficient (Wildman–Crippen LogP) is 6.32. The predicted molar refractivity (Wildman–Crippen MR) is 153 cm³/mol. The molecule has 9 heteroatoms. The van der Waals surface area contributed by atoms with Crippen molar-refractivity contribution in [1.82, 2.24) is 4.57 Å². The molecule has 0 aliphatic rings. The summed E-state index contributed by atoms with van der Waals surface area (Å²) in [5, 5.41) is 18.5. The maximum absolute atomic E-state index is 14.6. The Balaban J connectivity index is 1.43. The number of nitrogens with zero attached hydrogens (tertiary/aromatic N) is 1. The number of carboxylic acids is 2. The number of carbonyl (C=O) groups excluding carboxylic acids is 1. The van der Waals surface area contributed by atoms with Crippen LogP contribution in [0.2, 0.25) is 0 Å². The molecule has 212 valence electrons. The zero-order valence-corrected chi connectivity index (χ0v) is 22.3. The fourth-order valence-corrected chi connectivity index (χ4v) is 4.37. The van der Waals surface area contributed by atoms with Crippen molar-refractivity contribution < 1.29 is 38.5 Å². The molecule has 0 radical (unpaired) electrons. The van der Waals surface area contributed by atoms with E-state index in [4.69, 9.17) is 14.6 Å². The highest BCUT2D eigenvalue weighted by Crippen LogP contribution is 2.29. The fourth-order valence-electron chi connectivity index (χ4n) is 4.37. The summed E-state index contributed by atoms with van der Waals surface area (Å²) in [5.41, 5.74) is 1.65. The Morgan fingerprint density at radius 1 is 0.805 bits per heavy atom. The van der Waals surface area contributed by atoms with Crippen LogP contribution >= 0.6 is 0 Å². The average molecular weight is 560 g/mol. The Morgan fingerprint density at radius 2 is 1.46 bits per heavy atom. The second-order valence-electron chi connectivity index (χ2n) is 9.39. The van der Waals surface area contributed by atoms with Gasteiger partial charge in [-0.1, -0.05) is 42.5 Å². The lowest BCUT2D eigenvalue weighted by atomic mass is 10.0. The molecular formula is C32H30FNO7. The van der Waals surface area contributed by atoms with Gasteiger partial charge < -0.3 is 24.3 Å². The minimum absolute atomic E-state index is 0.0878. The minimum atomic E-state index is -1.13. The third-order valence-electron chi connectivity index (χ3n) is 6.29. The van der Waals surface area contributed by atoms with Crippen LogP contribution in [0.5, 0.6) is 11.5 Å². The third-order valence-corrected chi connectivity index (χ3v) is 6.29. The number of carbonyl (C=O) groups is 3. The lowest BCUT2D eigenvalue weighted by Gasteiger charge is -2.08. The molecule has 1 heterocycles. The molecule has 0 bridgehead atoms. The van der Waals surface area contributed by atoms with Gasteiger partial charge in [-0.3, -0.25) is 14.4 Å². The molecule has 0 aliphatic carbocycles. The van der Waals surface area contributed by atoms with E-state index in [1.165, 1.54) is 22.9 Å². The first-order valence-corrected chi connectivity index (χ1v) is 13.2.